The minimum Gasteiger partial charge on any atom is -0.350 e. The van der Waals surface area contributed by atoms with Crippen molar-refractivity contribution >= 4 is 44.8 Å². The van der Waals surface area contributed by atoms with E-state index >= 15 is 0 Å². The highest BCUT2D eigenvalue weighted by atomic mass is 35.5. The average molecular weight is 471 g/mol. The van der Waals surface area contributed by atoms with Crippen molar-refractivity contribution in [2.24, 2.45) is 0 Å². The maximum absolute atomic E-state index is 13.0. The van der Waals surface area contributed by atoms with Crippen LogP contribution in [0.3, 0.4) is 0 Å². The first-order valence-electron chi connectivity index (χ1n) is 9.94. The maximum atomic E-state index is 13.0. The number of nitrogens with one attached hydrogen (secondary N) is 1. The topological polar surface area (TPSA) is 66.5 Å². The van der Waals surface area contributed by atoms with Crippen LogP contribution in [0.25, 0.3) is 0 Å². The standard InChI is InChI=1S/C22H28Cl2N2O3S/c1-5-15-8-9-16(6-2)17(10-15)14-25-22(27)21(7-3)26(30(4,28)29)20-12-18(23)11-19(24)13-20/h8-13,21H,5-7,14H2,1-4H3,(H,25,27)/t21-/m0/s1. The third-order valence-electron chi connectivity index (χ3n) is 4.94. The van der Waals surface area contributed by atoms with E-state index in [1.54, 1.807) is 6.92 Å². The summed E-state index contributed by atoms with van der Waals surface area (Å²) < 4.78 is 26.2. The summed E-state index contributed by atoms with van der Waals surface area (Å²) in [5.41, 5.74) is 3.65. The molecule has 1 N–H and O–H groups in total. The van der Waals surface area contributed by atoms with Crippen LogP contribution in [-0.4, -0.2) is 26.6 Å². The fraction of sp³-hybridized carbons (Fsp3) is 0.409. The number of carbonyl (C=O) groups excluding carboxylic acids is 1. The molecule has 164 valence electrons. The van der Waals surface area contributed by atoms with Crippen molar-refractivity contribution in [1.29, 1.82) is 0 Å². The monoisotopic (exact) mass is 470 g/mol. The number of sulfonamides is 1. The number of carbonyl (C=O) groups is 1. The number of hydrogen-bond acceptors (Lipinski definition) is 3. The first-order valence-corrected chi connectivity index (χ1v) is 12.5. The average Bonchev–Trinajstić information content (AvgIpc) is 2.67. The largest absolute Gasteiger partial charge is 0.350 e. The Morgan fingerprint density at radius 2 is 1.63 bits per heavy atom. The van der Waals surface area contributed by atoms with E-state index < -0.39 is 16.1 Å². The van der Waals surface area contributed by atoms with Crippen molar-refractivity contribution in [2.75, 3.05) is 10.6 Å². The van der Waals surface area contributed by atoms with Crippen LogP contribution < -0.4 is 9.62 Å². The van der Waals surface area contributed by atoms with Gasteiger partial charge in [0.1, 0.15) is 6.04 Å². The van der Waals surface area contributed by atoms with Gasteiger partial charge in [0, 0.05) is 16.6 Å². The Balaban J connectivity index is 2.33. The van der Waals surface area contributed by atoms with Crippen LogP contribution in [0, 0.1) is 0 Å². The van der Waals surface area contributed by atoms with Gasteiger partial charge in [0.15, 0.2) is 0 Å². The van der Waals surface area contributed by atoms with Gasteiger partial charge in [0.05, 0.1) is 11.9 Å². The summed E-state index contributed by atoms with van der Waals surface area (Å²) in [6, 6.07) is 9.83. The first kappa shape index (κ1) is 24.5. The van der Waals surface area contributed by atoms with Gasteiger partial charge in [-0.25, -0.2) is 8.42 Å². The second kappa shape index (κ2) is 10.5. The van der Waals surface area contributed by atoms with Gasteiger partial charge in [-0.1, -0.05) is 62.2 Å². The predicted molar refractivity (Wildman–Crippen MR) is 125 cm³/mol. The number of hydrogen-bond donors (Lipinski definition) is 1. The first-order chi connectivity index (χ1) is 14.1. The van der Waals surface area contributed by atoms with Gasteiger partial charge < -0.3 is 5.32 Å². The lowest BCUT2D eigenvalue weighted by Crippen LogP contribution is -2.49. The molecule has 0 fully saturated rings. The second-order valence-corrected chi connectivity index (χ2v) is 9.87. The zero-order valence-electron chi connectivity index (χ0n) is 17.7. The number of nitrogens with zero attached hydrogens (tertiary/aromatic N) is 1. The molecule has 1 atom stereocenters. The number of anilines is 1. The molecule has 2 aromatic rings. The van der Waals surface area contributed by atoms with Gasteiger partial charge in [0.2, 0.25) is 15.9 Å². The van der Waals surface area contributed by atoms with E-state index in [0.29, 0.717) is 23.0 Å². The van der Waals surface area contributed by atoms with Crippen LogP contribution in [-0.2, 0) is 34.2 Å². The summed E-state index contributed by atoms with van der Waals surface area (Å²) >= 11 is 12.1. The van der Waals surface area contributed by atoms with Crippen LogP contribution in [0.5, 0.6) is 0 Å². The summed E-state index contributed by atoms with van der Waals surface area (Å²) in [6.07, 6.45) is 3.11. The van der Waals surface area contributed by atoms with E-state index in [0.717, 1.165) is 34.5 Å². The Morgan fingerprint density at radius 1 is 1.00 bits per heavy atom. The van der Waals surface area contributed by atoms with E-state index in [9.17, 15) is 13.2 Å². The van der Waals surface area contributed by atoms with Crippen LogP contribution >= 0.6 is 23.2 Å². The zero-order valence-corrected chi connectivity index (χ0v) is 20.0. The van der Waals surface area contributed by atoms with Crippen LogP contribution in [0.4, 0.5) is 5.69 Å². The molecule has 0 spiro atoms. The number of aryl methyl sites for hydroxylation is 2. The molecule has 2 aromatic carbocycles. The molecule has 0 saturated heterocycles. The van der Waals surface area contributed by atoms with E-state index in [1.807, 2.05) is 0 Å². The molecule has 5 nitrogen and oxygen atoms in total. The van der Waals surface area contributed by atoms with Gasteiger partial charge >= 0.3 is 0 Å². The van der Waals surface area contributed by atoms with Gasteiger partial charge in [-0.15, -0.1) is 0 Å². The fourth-order valence-corrected chi connectivity index (χ4v) is 5.15. The SMILES string of the molecule is CCc1ccc(CC)c(CNC(=O)[C@H](CC)N(c2cc(Cl)cc(Cl)c2)S(C)(=O)=O)c1. The lowest BCUT2D eigenvalue weighted by Gasteiger charge is -2.30. The van der Waals surface area contributed by atoms with E-state index in [-0.39, 0.29) is 11.6 Å². The zero-order chi connectivity index (χ0) is 22.5. The van der Waals surface area contributed by atoms with Crippen LogP contribution in [0.1, 0.15) is 43.9 Å². The van der Waals surface area contributed by atoms with Crippen molar-refractivity contribution in [3.05, 3.63) is 63.1 Å². The lowest BCUT2D eigenvalue weighted by molar-refractivity contribution is -0.122. The molecule has 0 heterocycles. The number of halogens is 2. The highest BCUT2D eigenvalue weighted by molar-refractivity contribution is 7.92. The number of benzene rings is 2. The molecular formula is C22H28Cl2N2O3S. The lowest BCUT2D eigenvalue weighted by atomic mass is 10.0. The third kappa shape index (κ3) is 6.13. The minimum atomic E-state index is -3.76. The van der Waals surface area contributed by atoms with E-state index in [1.165, 1.54) is 23.8 Å². The van der Waals surface area contributed by atoms with Gasteiger partial charge in [-0.05, 0) is 54.2 Å². The van der Waals surface area contributed by atoms with Crippen molar-refractivity contribution in [3.63, 3.8) is 0 Å². The highest BCUT2D eigenvalue weighted by Gasteiger charge is 2.31. The Hall–Kier alpha value is -1.76. The summed E-state index contributed by atoms with van der Waals surface area (Å²) in [6.45, 7) is 6.25. The van der Waals surface area contributed by atoms with Gasteiger partial charge in [-0.3, -0.25) is 9.10 Å². The smallest absolute Gasteiger partial charge is 0.244 e. The number of rotatable bonds is 9. The summed E-state index contributed by atoms with van der Waals surface area (Å²) in [4.78, 5) is 13.0. The molecule has 0 bridgehead atoms. The molecule has 0 radical (unpaired) electrons. The molecule has 0 aliphatic carbocycles. The fourth-order valence-electron chi connectivity index (χ4n) is 3.44. The minimum absolute atomic E-state index is 0.263. The molecule has 0 aliphatic heterocycles. The Morgan fingerprint density at radius 3 is 2.13 bits per heavy atom. The molecule has 8 heteroatoms. The summed E-state index contributed by atoms with van der Waals surface area (Å²) in [7, 11) is -3.76. The van der Waals surface area contributed by atoms with Crippen molar-refractivity contribution in [1.82, 2.24) is 5.32 Å². The van der Waals surface area contributed by atoms with Crippen molar-refractivity contribution < 1.29 is 13.2 Å². The molecule has 1 amide bonds. The van der Waals surface area contributed by atoms with Crippen LogP contribution in [0.15, 0.2) is 36.4 Å². The second-order valence-electron chi connectivity index (χ2n) is 7.14. The van der Waals surface area contributed by atoms with E-state index in [4.69, 9.17) is 23.2 Å². The van der Waals surface area contributed by atoms with Crippen molar-refractivity contribution in [3.8, 4) is 0 Å². The van der Waals surface area contributed by atoms with Crippen molar-refractivity contribution in [2.45, 2.75) is 52.6 Å². The molecule has 30 heavy (non-hydrogen) atoms. The Labute approximate surface area is 189 Å². The normalized spacial score (nSPS) is 12.5. The molecule has 0 aliphatic rings. The molecule has 2 rings (SSSR count). The molecule has 0 saturated carbocycles. The molecule has 0 unspecified atom stereocenters. The molecule has 0 aromatic heterocycles. The van der Waals surface area contributed by atoms with Gasteiger partial charge in [-0.2, -0.15) is 0 Å². The van der Waals surface area contributed by atoms with E-state index in [2.05, 4.69) is 37.4 Å². The summed E-state index contributed by atoms with van der Waals surface area (Å²) in [5, 5.41) is 3.51. The van der Waals surface area contributed by atoms with Gasteiger partial charge in [0.25, 0.3) is 0 Å². The maximum Gasteiger partial charge on any atom is 0.244 e. The highest BCUT2D eigenvalue weighted by Crippen LogP contribution is 2.29. The number of amides is 1. The quantitative estimate of drug-likeness (QED) is 0.561. The Bertz CT molecular complexity index is 989. The summed E-state index contributed by atoms with van der Waals surface area (Å²) in [5.74, 6) is -0.372. The Kier molecular flexibility index (Phi) is 8.59. The third-order valence-corrected chi connectivity index (χ3v) is 6.56. The van der Waals surface area contributed by atoms with Crippen LogP contribution in [0.2, 0.25) is 10.0 Å². The predicted octanol–water partition coefficient (Wildman–Crippen LogP) is 4.98. The molecular weight excluding hydrogens is 443 g/mol.